The summed E-state index contributed by atoms with van der Waals surface area (Å²) in [6.45, 7) is 7.28. The van der Waals surface area contributed by atoms with E-state index in [1.54, 1.807) is 26.0 Å². The Kier molecular flexibility index (Phi) is 7.80. The first kappa shape index (κ1) is 26.8. The standard InChI is InChI=1S/C28H30FN5O4/c1-17(2)23(24(37)26-32-33-27(38-26)28(3,4)19-10-12-20(29)13-11-19)31-21(35)16-34-22(36)14-15-30-25(34)18-8-6-5-7-9-18/h5-13,17,23H,14-16H2,1-4H3,(H,31,35)/t23-/m0/s1. The summed E-state index contributed by atoms with van der Waals surface area (Å²) in [5.74, 6) is -1.56. The highest BCUT2D eigenvalue weighted by molar-refractivity contribution is 6.11. The molecule has 0 saturated heterocycles. The molecule has 198 valence electrons. The van der Waals surface area contributed by atoms with Crippen LogP contribution in [0.4, 0.5) is 4.39 Å². The second-order valence-corrected chi connectivity index (χ2v) is 10.00. The zero-order valence-electron chi connectivity index (χ0n) is 21.8. The van der Waals surface area contributed by atoms with Crippen LogP contribution in [0.15, 0.2) is 64.0 Å². The van der Waals surface area contributed by atoms with Crippen molar-refractivity contribution in [3.05, 3.63) is 83.3 Å². The molecule has 1 aliphatic rings. The molecule has 0 spiro atoms. The fourth-order valence-corrected chi connectivity index (χ4v) is 4.19. The summed E-state index contributed by atoms with van der Waals surface area (Å²) >= 11 is 0. The van der Waals surface area contributed by atoms with Gasteiger partial charge in [-0.3, -0.25) is 24.3 Å². The lowest BCUT2D eigenvalue weighted by molar-refractivity contribution is -0.132. The van der Waals surface area contributed by atoms with Gasteiger partial charge in [0.15, 0.2) is 0 Å². The molecule has 0 radical (unpaired) electrons. The first-order valence-electron chi connectivity index (χ1n) is 12.4. The summed E-state index contributed by atoms with van der Waals surface area (Å²) in [6.07, 6.45) is 0.199. The van der Waals surface area contributed by atoms with Crippen LogP contribution >= 0.6 is 0 Å². The minimum atomic E-state index is -0.957. The number of amidine groups is 1. The summed E-state index contributed by atoms with van der Waals surface area (Å²) in [6, 6.07) is 14.1. The topological polar surface area (TPSA) is 118 Å². The number of rotatable bonds is 9. The summed E-state index contributed by atoms with van der Waals surface area (Å²) in [5, 5.41) is 10.7. The summed E-state index contributed by atoms with van der Waals surface area (Å²) < 4.78 is 19.1. The molecule has 38 heavy (non-hydrogen) atoms. The Morgan fingerprint density at radius 2 is 1.76 bits per heavy atom. The number of nitrogens with one attached hydrogen (secondary N) is 1. The molecule has 0 saturated carbocycles. The van der Waals surface area contributed by atoms with Gasteiger partial charge in [0.05, 0.1) is 18.0 Å². The average molecular weight is 520 g/mol. The normalized spacial score (nSPS) is 14.8. The molecule has 2 aromatic carbocycles. The van der Waals surface area contributed by atoms with Crippen molar-refractivity contribution in [1.29, 1.82) is 0 Å². The number of carbonyl (C=O) groups excluding carboxylic acids is 3. The Balaban J connectivity index is 1.49. The van der Waals surface area contributed by atoms with Gasteiger partial charge in [0.25, 0.3) is 5.89 Å². The predicted molar refractivity (Wildman–Crippen MR) is 138 cm³/mol. The zero-order valence-corrected chi connectivity index (χ0v) is 21.8. The van der Waals surface area contributed by atoms with Gasteiger partial charge >= 0.3 is 0 Å². The zero-order chi connectivity index (χ0) is 27.4. The van der Waals surface area contributed by atoms with E-state index < -0.39 is 23.1 Å². The van der Waals surface area contributed by atoms with Crippen molar-refractivity contribution < 1.29 is 23.2 Å². The molecule has 0 fully saturated rings. The van der Waals surface area contributed by atoms with Crippen molar-refractivity contribution in [3.63, 3.8) is 0 Å². The molecule has 3 aromatic rings. The molecular formula is C28H30FN5O4. The van der Waals surface area contributed by atoms with Gasteiger partial charge in [0, 0.05) is 12.0 Å². The van der Waals surface area contributed by atoms with Crippen LogP contribution in [0, 0.1) is 11.7 Å². The van der Waals surface area contributed by atoms with Crippen molar-refractivity contribution in [2.75, 3.05) is 13.1 Å². The number of hydrogen-bond donors (Lipinski definition) is 1. The van der Waals surface area contributed by atoms with Gasteiger partial charge in [-0.15, -0.1) is 10.2 Å². The molecule has 0 aliphatic carbocycles. The third kappa shape index (κ3) is 5.69. The van der Waals surface area contributed by atoms with Crippen molar-refractivity contribution in [2.24, 2.45) is 10.9 Å². The number of ketones is 1. The van der Waals surface area contributed by atoms with Crippen LogP contribution in [0.25, 0.3) is 0 Å². The minimum Gasteiger partial charge on any atom is -0.417 e. The molecule has 0 unspecified atom stereocenters. The molecule has 2 amide bonds. The maximum Gasteiger partial charge on any atom is 0.286 e. The Morgan fingerprint density at radius 1 is 1.08 bits per heavy atom. The van der Waals surface area contributed by atoms with Crippen LogP contribution in [-0.4, -0.2) is 57.7 Å². The Morgan fingerprint density at radius 3 is 2.42 bits per heavy atom. The molecule has 1 aromatic heterocycles. The number of amides is 2. The summed E-state index contributed by atoms with van der Waals surface area (Å²) in [7, 11) is 0. The average Bonchev–Trinajstić information content (AvgIpc) is 3.40. The molecule has 10 heteroatoms. The van der Waals surface area contributed by atoms with E-state index in [0.29, 0.717) is 12.4 Å². The Hall–Kier alpha value is -4.21. The second kappa shape index (κ2) is 11.0. The van der Waals surface area contributed by atoms with E-state index in [-0.39, 0.29) is 42.4 Å². The fourth-order valence-electron chi connectivity index (χ4n) is 4.19. The fraction of sp³-hybridized carbons (Fsp3) is 0.357. The molecule has 2 heterocycles. The first-order valence-corrected chi connectivity index (χ1v) is 12.4. The van der Waals surface area contributed by atoms with E-state index in [9.17, 15) is 18.8 Å². The minimum absolute atomic E-state index is 0.184. The lowest BCUT2D eigenvalue weighted by atomic mass is 9.84. The van der Waals surface area contributed by atoms with Crippen LogP contribution in [-0.2, 0) is 15.0 Å². The molecule has 1 atom stereocenters. The quantitative estimate of drug-likeness (QED) is 0.432. The van der Waals surface area contributed by atoms with Gasteiger partial charge in [0.1, 0.15) is 18.2 Å². The SMILES string of the molecule is CC(C)[C@H](NC(=O)CN1C(=O)CCN=C1c1ccccc1)C(=O)c1nnc(C(C)(C)c2ccc(F)cc2)o1. The highest BCUT2D eigenvalue weighted by Crippen LogP contribution is 2.30. The van der Waals surface area contributed by atoms with Gasteiger partial charge in [0.2, 0.25) is 23.5 Å². The number of carbonyl (C=O) groups is 3. The molecular weight excluding hydrogens is 489 g/mol. The van der Waals surface area contributed by atoms with Crippen LogP contribution in [0.5, 0.6) is 0 Å². The van der Waals surface area contributed by atoms with Crippen molar-refractivity contribution in [3.8, 4) is 0 Å². The molecule has 0 bridgehead atoms. The van der Waals surface area contributed by atoms with Crippen molar-refractivity contribution >= 4 is 23.4 Å². The number of hydrogen-bond acceptors (Lipinski definition) is 7. The Bertz CT molecular complexity index is 1350. The van der Waals surface area contributed by atoms with Crippen LogP contribution in [0.3, 0.4) is 0 Å². The number of aliphatic imine (C=N–C) groups is 1. The first-order chi connectivity index (χ1) is 18.1. The van der Waals surface area contributed by atoms with E-state index in [2.05, 4.69) is 20.5 Å². The number of aromatic nitrogens is 2. The van der Waals surface area contributed by atoms with E-state index in [0.717, 1.165) is 11.1 Å². The van der Waals surface area contributed by atoms with Crippen LogP contribution in [0.2, 0.25) is 0 Å². The number of halogens is 1. The van der Waals surface area contributed by atoms with Gasteiger partial charge in [-0.1, -0.05) is 56.3 Å². The molecule has 1 aliphatic heterocycles. The number of benzene rings is 2. The van der Waals surface area contributed by atoms with Crippen molar-refractivity contribution in [1.82, 2.24) is 20.4 Å². The summed E-state index contributed by atoms with van der Waals surface area (Å²) in [4.78, 5) is 44.8. The van der Waals surface area contributed by atoms with E-state index in [1.165, 1.54) is 17.0 Å². The third-order valence-corrected chi connectivity index (χ3v) is 6.48. The highest BCUT2D eigenvalue weighted by Gasteiger charge is 2.35. The van der Waals surface area contributed by atoms with E-state index in [1.807, 2.05) is 44.2 Å². The number of Topliss-reactive ketones (excluding diaryl/α,β-unsaturated/α-hetero) is 1. The molecule has 9 nitrogen and oxygen atoms in total. The second-order valence-electron chi connectivity index (χ2n) is 10.00. The van der Waals surface area contributed by atoms with Gasteiger partial charge in [-0.25, -0.2) is 4.39 Å². The van der Waals surface area contributed by atoms with Gasteiger partial charge in [-0.2, -0.15) is 0 Å². The lowest BCUT2D eigenvalue weighted by Crippen LogP contribution is -2.51. The van der Waals surface area contributed by atoms with Crippen molar-refractivity contribution in [2.45, 2.75) is 45.6 Å². The Labute approximate surface area is 220 Å². The number of nitrogens with zero attached hydrogens (tertiary/aromatic N) is 4. The predicted octanol–water partition coefficient (Wildman–Crippen LogP) is 3.54. The van der Waals surface area contributed by atoms with Crippen LogP contribution in [0.1, 0.15) is 61.8 Å². The lowest BCUT2D eigenvalue weighted by Gasteiger charge is -2.28. The maximum atomic E-state index is 13.4. The highest BCUT2D eigenvalue weighted by atomic mass is 19.1. The van der Waals surface area contributed by atoms with E-state index >= 15 is 0 Å². The van der Waals surface area contributed by atoms with E-state index in [4.69, 9.17) is 4.42 Å². The van der Waals surface area contributed by atoms with Gasteiger partial charge < -0.3 is 9.73 Å². The third-order valence-electron chi connectivity index (χ3n) is 6.48. The summed E-state index contributed by atoms with van der Waals surface area (Å²) in [5.41, 5.74) is 0.682. The maximum absolute atomic E-state index is 13.4. The smallest absolute Gasteiger partial charge is 0.286 e. The largest absolute Gasteiger partial charge is 0.417 e. The van der Waals surface area contributed by atoms with Crippen LogP contribution < -0.4 is 5.32 Å². The monoisotopic (exact) mass is 519 g/mol. The molecule has 4 rings (SSSR count). The molecule has 1 N–H and O–H groups in total. The van der Waals surface area contributed by atoms with Gasteiger partial charge in [-0.05, 0) is 37.5 Å².